The normalized spacial score (nSPS) is 15.3. The first-order chi connectivity index (χ1) is 7.16. The quantitative estimate of drug-likeness (QED) is 0.755. The summed E-state index contributed by atoms with van der Waals surface area (Å²) in [6.07, 6.45) is 0.900. The van der Waals surface area contributed by atoms with Crippen LogP contribution in [0.5, 0.6) is 5.75 Å². The van der Waals surface area contributed by atoms with Crippen molar-refractivity contribution in [3.63, 3.8) is 0 Å². The van der Waals surface area contributed by atoms with Crippen molar-refractivity contribution in [2.24, 2.45) is 5.73 Å². The van der Waals surface area contributed by atoms with E-state index in [2.05, 4.69) is 5.32 Å². The predicted molar refractivity (Wildman–Crippen MR) is 57.9 cm³/mol. The molecule has 1 heterocycles. The zero-order valence-corrected chi connectivity index (χ0v) is 8.62. The molecule has 1 aliphatic rings. The number of hydrogen-bond donors (Lipinski definition) is 2. The Morgan fingerprint density at radius 1 is 1.60 bits per heavy atom. The molecule has 1 aromatic rings. The molecule has 0 fully saturated rings. The van der Waals surface area contributed by atoms with Gasteiger partial charge in [0.25, 0.3) is 0 Å². The summed E-state index contributed by atoms with van der Waals surface area (Å²) in [6.45, 7) is 2.38. The van der Waals surface area contributed by atoms with Crippen molar-refractivity contribution in [3.8, 4) is 5.75 Å². The van der Waals surface area contributed by atoms with Crippen LogP contribution >= 0.6 is 0 Å². The average Bonchev–Trinajstić information content (AvgIpc) is 2.64. The van der Waals surface area contributed by atoms with Gasteiger partial charge in [0.2, 0.25) is 5.91 Å². The van der Waals surface area contributed by atoms with Gasteiger partial charge in [0.15, 0.2) is 0 Å². The first-order valence-electron chi connectivity index (χ1n) is 4.99. The summed E-state index contributed by atoms with van der Waals surface area (Å²) in [6, 6.07) is 5.14. The van der Waals surface area contributed by atoms with Gasteiger partial charge in [-0.3, -0.25) is 4.79 Å². The molecule has 0 saturated carbocycles. The van der Waals surface area contributed by atoms with E-state index in [4.69, 9.17) is 10.5 Å². The minimum atomic E-state index is -0.491. The number of benzene rings is 1. The number of fused-ring (bicyclic) bond motifs is 1. The van der Waals surface area contributed by atoms with E-state index < -0.39 is 6.04 Å². The number of ether oxygens (including phenoxy) is 1. The van der Waals surface area contributed by atoms with Crippen molar-refractivity contribution in [1.82, 2.24) is 0 Å². The molecule has 4 heteroatoms. The molecule has 0 radical (unpaired) electrons. The van der Waals surface area contributed by atoms with Crippen LogP contribution in [0.3, 0.4) is 0 Å². The van der Waals surface area contributed by atoms with Crippen LogP contribution in [-0.4, -0.2) is 18.6 Å². The Morgan fingerprint density at radius 3 is 3.13 bits per heavy atom. The summed E-state index contributed by atoms with van der Waals surface area (Å²) in [5.74, 6) is 0.739. The molecule has 0 unspecified atom stereocenters. The number of rotatable bonds is 2. The van der Waals surface area contributed by atoms with Gasteiger partial charge in [0.1, 0.15) is 5.75 Å². The Morgan fingerprint density at radius 2 is 2.40 bits per heavy atom. The van der Waals surface area contributed by atoms with Crippen LogP contribution in [0.1, 0.15) is 12.5 Å². The van der Waals surface area contributed by atoms with Crippen LogP contribution in [0, 0.1) is 0 Å². The van der Waals surface area contributed by atoms with Crippen LogP contribution < -0.4 is 15.8 Å². The number of nitrogens with one attached hydrogen (secondary N) is 1. The molecule has 3 N–H and O–H groups in total. The van der Waals surface area contributed by atoms with E-state index in [1.54, 1.807) is 6.92 Å². The molecule has 1 amide bonds. The third-order valence-electron chi connectivity index (χ3n) is 2.37. The van der Waals surface area contributed by atoms with Gasteiger partial charge in [-0.1, -0.05) is 0 Å². The molecule has 1 aliphatic heterocycles. The van der Waals surface area contributed by atoms with E-state index in [0.29, 0.717) is 0 Å². The molecule has 0 saturated heterocycles. The maximum Gasteiger partial charge on any atom is 0.240 e. The molecule has 2 rings (SSSR count). The Labute approximate surface area is 88.4 Å². The van der Waals surface area contributed by atoms with Gasteiger partial charge in [0, 0.05) is 12.1 Å². The maximum atomic E-state index is 11.3. The molecule has 15 heavy (non-hydrogen) atoms. The highest BCUT2D eigenvalue weighted by atomic mass is 16.5. The molecule has 0 aromatic heterocycles. The largest absolute Gasteiger partial charge is 0.493 e. The molecule has 0 aliphatic carbocycles. The third kappa shape index (κ3) is 2.10. The van der Waals surface area contributed by atoms with E-state index in [1.165, 1.54) is 0 Å². The van der Waals surface area contributed by atoms with Crippen LogP contribution in [0.4, 0.5) is 5.69 Å². The lowest BCUT2D eigenvalue weighted by molar-refractivity contribution is -0.117. The van der Waals surface area contributed by atoms with Crippen molar-refractivity contribution in [2.75, 3.05) is 11.9 Å². The summed E-state index contributed by atoms with van der Waals surface area (Å²) in [4.78, 5) is 11.3. The van der Waals surface area contributed by atoms with Crippen LogP contribution in [0.15, 0.2) is 18.2 Å². The Bertz CT molecular complexity index is 388. The average molecular weight is 206 g/mol. The van der Waals surface area contributed by atoms with Crippen molar-refractivity contribution in [1.29, 1.82) is 0 Å². The maximum absolute atomic E-state index is 11.3. The van der Waals surface area contributed by atoms with Crippen LogP contribution in [0.25, 0.3) is 0 Å². The van der Waals surface area contributed by atoms with E-state index >= 15 is 0 Å². The number of carbonyl (C=O) groups excluding carboxylic acids is 1. The molecular weight excluding hydrogens is 192 g/mol. The zero-order chi connectivity index (χ0) is 10.8. The van der Waals surface area contributed by atoms with E-state index in [0.717, 1.165) is 30.0 Å². The molecule has 1 atom stereocenters. The SMILES string of the molecule is C[C@@H](N)C(=O)Nc1ccc2c(c1)CCO2. The Balaban J connectivity index is 2.13. The topological polar surface area (TPSA) is 64.4 Å². The van der Waals surface area contributed by atoms with Gasteiger partial charge in [0.05, 0.1) is 12.6 Å². The number of carbonyl (C=O) groups is 1. The van der Waals surface area contributed by atoms with Crippen molar-refractivity contribution in [2.45, 2.75) is 19.4 Å². The second-order valence-corrected chi connectivity index (χ2v) is 3.70. The Kier molecular flexibility index (Phi) is 2.60. The van der Waals surface area contributed by atoms with E-state index in [9.17, 15) is 4.79 Å². The van der Waals surface area contributed by atoms with Gasteiger partial charge >= 0.3 is 0 Å². The minimum absolute atomic E-state index is 0.172. The summed E-state index contributed by atoms with van der Waals surface area (Å²) < 4.78 is 5.37. The summed E-state index contributed by atoms with van der Waals surface area (Å²) >= 11 is 0. The fraction of sp³-hybridized carbons (Fsp3) is 0.364. The van der Waals surface area contributed by atoms with Crippen molar-refractivity contribution >= 4 is 11.6 Å². The molecule has 1 aromatic carbocycles. The van der Waals surface area contributed by atoms with Gasteiger partial charge in [-0.25, -0.2) is 0 Å². The molecular formula is C11H14N2O2. The summed E-state index contributed by atoms with van der Waals surface area (Å²) in [7, 11) is 0. The number of amides is 1. The highest BCUT2D eigenvalue weighted by Gasteiger charge is 2.13. The third-order valence-corrected chi connectivity index (χ3v) is 2.37. The van der Waals surface area contributed by atoms with Crippen LogP contribution in [-0.2, 0) is 11.2 Å². The standard InChI is InChI=1S/C11H14N2O2/c1-7(12)11(14)13-9-2-3-10-8(6-9)4-5-15-10/h2-3,6-7H,4-5,12H2,1H3,(H,13,14)/t7-/m1/s1. The van der Waals surface area contributed by atoms with E-state index in [1.807, 2.05) is 18.2 Å². The second kappa shape index (κ2) is 3.90. The van der Waals surface area contributed by atoms with Gasteiger partial charge < -0.3 is 15.8 Å². The summed E-state index contributed by atoms with van der Waals surface area (Å²) in [5, 5.41) is 2.75. The molecule has 80 valence electrons. The number of anilines is 1. The highest BCUT2D eigenvalue weighted by Crippen LogP contribution is 2.27. The fourth-order valence-corrected chi connectivity index (χ4v) is 1.52. The lowest BCUT2D eigenvalue weighted by Crippen LogP contribution is -2.32. The van der Waals surface area contributed by atoms with Crippen LogP contribution in [0.2, 0.25) is 0 Å². The Hall–Kier alpha value is -1.55. The van der Waals surface area contributed by atoms with Gasteiger partial charge in [-0.05, 0) is 30.7 Å². The second-order valence-electron chi connectivity index (χ2n) is 3.70. The highest BCUT2D eigenvalue weighted by molar-refractivity contribution is 5.94. The number of hydrogen-bond acceptors (Lipinski definition) is 3. The first kappa shape index (κ1) is 9.98. The number of nitrogens with two attached hydrogens (primary N) is 1. The smallest absolute Gasteiger partial charge is 0.240 e. The van der Waals surface area contributed by atoms with Gasteiger partial charge in [-0.15, -0.1) is 0 Å². The lowest BCUT2D eigenvalue weighted by atomic mass is 10.1. The molecule has 0 bridgehead atoms. The zero-order valence-electron chi connectivity index (χ0n) is 8.62. The van der Waals surface area contributed by atoms with Gasteiger partial charge in [-0.2, -0.15) is 0 Å². The molecule has 0 spiro atoms. The van der Waals surface area contributed by atoms with Crippen molar-refractivity contribution < 1.29 is 9.53 Å². The van der Waals surface area contributed by atoms with Crippen molar-refractivity contribution in [3.05, 3.63) is 23.8 Å². The fourth-order valence-electron chi connectivity index (χ4n) is 1.52. The first-order valence-corrected chi connectivity index (χ1v) is 4.99. The van der Waals surface area contributed by atoms with E-state index in [-0.39, 0.29) is 5.91 Å². The predicted octanol–water partition coefficient (Wildman–Crippen LogP) is 0.907. The minimum Gasteiger partial charge on any atom is -0.493 e. The molecule has 4 nitrogen and oxygen atoms in total. The summed E-state index contributed by atoms with van der Waals surface area (Å²) in [5.41, 5.74) is 7.38. The lowest BCUT2D eigenvalue weighted by Gasteiger charge is -2.08. The monoisotopic (exact) mass is 206 g/mol.